The molecule has 2 amide bonds. The maximum atomic E-state index is 14.8. The number of ether oxygens (including phenoxy) is 5. The van der Waals surface area contributed by atoms with Gasteiger partial charge in [0.1, 0.15) is 39.8 Å². The van der Waals surface area contributed by atoms with E-state index in [-0.39, 0.29) is 138 Å². The third-order valence-corrected chi connectivity index (χ3v) is 15.5. The maximum Gasteiger partial charge on any atom is 0.274 e. The summed E-state index contributed by atoms with van der Waals surface area (Å²) in [5, 5.41) is 10.3. The lowest BCUT2D eigenvalue weighted by Gasteiger charge is -2.54. The van der Waals surface area contributed by atoms with Gasteiger partial charge in [0.25, 0.3) is 11.8 Å². The lowest BCUT2D eigenvalue weighted by atomic mass is 9.67. The molecule has 2 aromatic heterocycles. The van der Waals surface area contributed by atoms with Crippen molar-refractivity contribution in [3.8, 4) is 23.0 Å². The highest BCUT2D eigenvalue weighted by molar-refractivity contribution is 6.32. The Bertz CT molecular complexity index is 3180. The first-order valence-corrected chi connectivity index (χ1v) is 25.1. The zero-order valence-corrected chi connectivity index (χ0v) is 45.2. The van der Waals surface area contributed by atoms with Crippen molar-refractivity contribution >= 4 is 59.0 Å². The molecule has 2 aliphatic heterocycles. The van der Waals surface area contributed by atoms with Crippen LogP contribution in [0.15, 0.2) is 76.6 Å². The quantitative estimate of drug-likeness (QED) is 0.0871. The van der Waals surface area contributed by atoms with Crippen LogP contribution in [0.3, 0.4) is 0 Å². The molecule has 0 bridgehead atoms. The number of hydrogen-bond acceptors (Lipinski definition) is 12. The number of rotatable bonds is 17. The van der Waals surface area contributed by atoms with E-state index in [0.717, 1.165) is 18.4 Å². The lowest BCUT2D eigenvalue weighted by Crippen LogP contribution is -2.60. The summed E-state index contributed by atoms with van der Waals surface area (Å²) in [6, 6.07) is 15.3. The number of fused-ring (bicyclic) bond motifs is 4. The monoisotopic (exact) mass is 1140 g/mol. The van der Waals surface area contributed by atoms with Gasteiger partial charge in [-0.15, -0.1) is 12.4 Å². The number of carbonyl (C=O) groups excluding carboxylic acids is 4. The topological polar surface area (TPSA) is 185 Å². The number of aromatic nitrogens is 2. The zero-order chi connectivity index (χ0) is 54.1. The first kappa shape index (κ1) is 62.5. The number of likely N-dealkylation sites (N-methyl/N-ethyl adjacent to an activating group) is 2. The average Bonchev–Trinajstić information content (AvgIpc) is 3.58. The third-order valence-electron chi connectivity index (χ3n) is 14.8. The van der Waals surface area contributed by atoms with Gasteiger partial charge in [-0.1, -0.05) is 80.5 Å². The molecule has 0 saturated heterocycles. The maximum absolute atomic E-state index is 14.8. The van der Waals surface area contributed by atoms with E-state index >= 15 is 0 Å². The van der Waals surface area contributed by atoms with Crippen LogP contribution in [0.5, 0.6) is 23.0 Å². The Morgan fingerprint density at radius 2 is 1.08 bits per heavy atom. The molecule has 5 aromatic rings. The van der Waals surface area contributed by atoms with E-state index in [1.807, 2.05) is 30.3 Å². The van der Waals surface area contributed by atoms with Crippen molar-refractivity contribution < 1.29 is 56.7 Å². The molecule has 21 heteroatoms. The minimum absolute atomic E-state index is 0. The first-order chi connectivity index (χ1) is 35.8. The summed E-state index contributed by atoms with van der Waals surface area (Å²) in [7, 11) is 9.35. The molecule has 4 aliphatic rings. The second kappa shape index (κ2) is 25.7. The number of carbonyl (C=O) groups is 4. The van der Waals surface area contributed by atoms with Crippen LogP contribution in [0.2, 0.25) is 10.0 Å². The highest BCUT2D eigenvalue weighted by Gasteiger charge is 2.53. The number of aromatic hydroxyl groups is 1. The van der Waals surface area contributed by atoms with Crippen molar-refractivity contribution in [2.45, 2.75) is 83.9 Å². The van der Waals surface area contributed by atoms with Gasteiger partial charge in [0.15, 0.2) is 34.5 Å². The number of aryl methyl sites for hydroxylation is 2. The number of amides is 2. The van der Waals surface area contributed by atoms with Gasteiger partial charge in [0.2, 0.25) is 10.9 Å². The van der Waals surface area contributed by atoms with E-state index < -0.39 is 56.8 Å². The Kier molecular flexibility index (Phi) is 20.6. The minimum Gasteiger partial charge on any atom is -0.503 e. The predicted octanol–water partition coefficient (Wildman–Crippen LogP) is 9.58. The molecule has 78 heavy (non-hydrogen) atoms. The molecule has 2 aliphatic carbocycles. The number of hydrogen-bond donors (Lipinski definition) is 1. The van der Waals surface area contributed by atoms with Crippen LogP contribution in [0.4, 0.5) is 8.78 Å². The summed E-state index contributed by atoms with van der Waals surface area (Å²) in [5.74, 6) is -3.19. The number of pyridine rings is 2. The standard InChI is InChI=1S/C31H32ClFN2O6.C24H26ClFN2O6.2CH4.ClH/c1-34-18-31(13-20(14-31)16-39-2)35-15-22(23(36)11-9-21-10-12-24(40-3)25(32)26(21)33)28(37)29(27(35)30(34)38)41-17-19-7-5-4-6-8-19;1-27-12-24(8-13(9-24)11-33-2)28-10-15(21(30)22(31)20(28)23(27)32)16(29)6-4-14-5-7-17(34-3)18(25)19(14)26;;;/h4-8,10,12,15,20H,9,11,13-14,16-18H2,1-3H3;5,7,10,13,31H,4,6,8-9,11-12H2,1-3H3;2*1H4;1H. The van der Waals surface area contributed by atoms with Crippen LogP contribution in [0.1, 0.15) is 112 Å². The van der Waals surface area contributed by atoms with E-state index in [0.29, 0.717) is 39.1 Å². The second-order valence-electron chi connectivity index (χ2n) is 19.8. The van der Waals surface area contributed by atoms with E-state index in [1.54, 1.807) is 42.3 Å². The third kappa shape index (κ3) is 11.8. The highest BCUT2D eigenvalue weighted by Crippen LogP contribution is 2.50. The summed E-state index contributed by atoms with van der Waals surface area (Å²) >= 11 is 12.0. The number of nitrogens with zero attached hydrogens (tertiary/aromatic N) is 4. The van der Waals surface area contributed by atoms with Crippen LogP contribution >= 0.6 is 35.6 Å². The van der Waals surface area contributed by atoms with Gasteiger partial charge in [-0.05, 0) is 79.2 Å². The molecular formula is C57H67Cl3F2N4O12. The average molecular weight is 1140 g/mol. The van der Waals surface area contributed by atoms with Gasteiger partial charge >= 0.3 is 0 Å². The lowest BCUT2D eigenvalue weighted by molar-refractivity contribution is -0.0192. The van der Waals surface area contributed by atoms with E-state index in [1.165, 1.54) is 55.8 Å². The fourth-order valence-electron chi connectivity index (χ4n) is 11.1. The van der Waals surface area contributed by atoms with E-state index in [2.05, 4.69) is 0 Å². The first-order valence-electron chi connectivity index (χ1n) is 24.3. The minimum atomic E-state index is -0.906. The Morgan fingerprint density at radius 3 is 1.51 bits per heavy atom. The molecule has 16 nitrogen and oxygen atoms in total. The summed E-state index contributed by atoms with van der Waals surface area (Å²) < 4.78 is 59.4. The molecule has 2 fully saturated rings. The molecule has 9 rings (SSSR count). The van der Waals surface area contributed by atoms with Gasteiger partial charge in [0, 0.05) is 79.9 Å². The van der Waals surface area contributed by atoms with Gasteiger partial charge in [0.05, 0.1) is 36.4 Å². The summed E-state index contributed by atoms with van der Waals surface area (Å²) in [6.45, 7) is 2.01. The molecule has 422 valence electrons. The van der Waals surface area contributed by atoms with Crippen molar-refractivity contribution in [1.29, 1.82) is 0 Å². The van der Waals surface area contributed by atoms with Crippen molar-refractivity contribution in [1.82, 2.24) is 18.9 Å². The number of ketones is 2. The van der Waals surface area contributed by atoms with Crippen LogP contribution in [-0.2, 0) is 40.0 Å². The summed E-state index contributed by atoms with van der Waals surface area (Å²) in [6.07, 6.45) is 5.38. The van der Waals surface area contributed by atoms with Crippen LogP contribution < -0.4 is 25.1 Å². The molecule has 2 saturated carbocycles. The fraction of sp³-hybridized carbons (Fsp3) is 0.439. The number of methoxy groups -OCH3 is 4. The molecule has 2 spiro atoms. The molecule has 3 aromatic carbocycles. The molecule has 4 heterocycles. The van der Waals surface area contributed by atoms with Crippen molar-refractivity contribution in [3.63, 3.8) is 0 Å². The second-order valence-corrected chi connectivity index (χ2v) is 20.6. The molecule has 1 N–H and O–H groups in total. The molecule has 0 radical (unpaired) electrons. The van der Waals surface area contributed by atoms with Crippen molar-refractivity contribution in [2.75, 3.05) is 68.8 Å². The Balaban J connectivity index is 0.000000281. The molecular weight excluding hydrogens is 1080 g/mol. The Labute approximate surface area is 468 Å². The Morgan fingerprint density at radius 1 is 0.654 bits per heavy atom. The SMILES string of the molecule is C.C.COCC1CC2(C1)CN(C)C(=O)c1c(O)c(=O)c(C(=O)CCc3ccc(OC)c(Cl)c3F)cn12.COCC1CC2(C1)CN(C)C(=O)c1c(OCc3ccccc3)c(=O)c(C(=O)CCc3ccc(OC)c(Cl)c3F)cn12.Cl. The predicted molar refractivity (Wildman–Crippen MR) is 295 cm³/mol. The van der Waals surface area contributed by atoms with Crippen LogP contribution in [-0.4, -0.2) is 116 Å². The Hall–Kier alpha value is -6.31. The number of Topliss-reactive ketones (excluding diaryl/α,β-unsaturated/α-hetero) is 2. The van der Waals surface area contributed by atoms with Crippen molar-refractivity contribution in [2.24, 2.45) is 11.8 Å². The zero-order valence-electron chi connectivity index (χ0n) is 42.8. The molecule has 0 atom stereocenters. The number of benzene rings is 3. The van der Waals surface area contributed by atoms with E-state index in [4.69, 9.17) is 46.9 Å². The van der Waals surface area contributed by atoms with Gasteiger partial charge in [-0.2, -0.15) is 0 Å². The van der Waals surface area contributed by atoms with Gasteiger partial charge < -0.3 is 47.7 Å². The number of halogens is 5. The molecule has 0 unspecified atom stereocenters. The van der Waals surface area contributed by atoms with Gasteiger partial charge in [-0.25, -0.2) is 8.78 Å². The van der Waals surface area contributed by atoms with Crippen LogP contribution in [0.25, 0.3) is 0 Å². The summed E-state index contributed by atoms with van der Waals surface area (Å²) in [5.41, 5.74) is -1.64. The highest BCUT2D eigenvalue weighted by atomic mass is 35.5. The largest absolute Gasteiger partial charge is 0.503 e. The smallest absolute Gasteiger partial charge is 0.274 e. The normalized spacial score (nSPS) is 19.6. The van der Waals surface area contributed by atoms with Crippen LogP contribution in [0, 0.1) is 23.5 Å². The van der Waals surface area contributed by atoms with E-state index in [9.17, 15) is 42.7 Å². The summed E-state index contributed by atoms with van der Waals surface area (Å²) in [4.78, 5) is 82.5. The van der Waals surface area contributed by atoms with Crippen molar-refractivity contribution in [3.05, 3.63) is 148 Å². The fourth-order valence-corrected chi connectivity index (χ4v) is 11.7. The van der Waals surface area contributed by atoms with Gasteiger partial charge in [-0.3, -0.25) is 28.8 Å².